The SMILES string of the molecule is CC(C)(C)c1cc(C=N[C@H]2CCCC[C@@H]2N=Cc2cc(C(C)(C)C)cc(C(C)(C)C)c2O)c(O)c(C(C)(C)C)c1.CNCC[NH-].[Mn]. The fraction of sp³-hybridized carbons (Fsp3) is 0.641. The van der Waals surface area contributed by atoms with Crippen molar-refractivity contribution in [2.45, 2.75) is 143 Å². The number of phenolic OH excluding ortho intramolecular Hbond substituents is 2. The molecule has 46 heavy (non-hydrogen) atoms. The van der Waals surface area contributed by atoms with Crippen molar-refractivity contribution in [1.29, 1.82) is 0 Å². The quantitative estimate of drug-likeness (QED) is 0.210. The zero-order valence-corrected chi connectivity index (χ0v) is 32.2. The van der Waals surface area contributed by atoms with Gasteiger partial charge in [0.25, 0.3) is 0 Å². The number of nitrogens with zero attached hydrogens (tertiary/aromatic N) is 2. The van der Waals surface area contributed by atoms with Crippen LogP contribution in [0, 0.1) is 0 Å². The van der Waals surface area contributed by atoms with Crippen molar-refractivity contribution in [3.05, 3.63) is 63.4 Å². The van der Waals surface area contributed by atoms with Gasteiger partial charge in [0.15, 0.2) is 0 Å². The van der Waals surface area contributed by atoms with Crippen LogP contribution in [-0.4, -0.2) is 54.9 Å². The average molecular weight is 675 g/mol. The molecule has 1 aliphatic rings. The zero-order chi connectivity index (χ0) is 34.4. The van der Waals surface area contributed by atoms with Crippen LogP contribution in [0.25, 0.3) is 5.73 Å². The number of benzene rings is 2. The van der Waals surface area contributed by atoms with Crippen molar-refractivity contribution in [2.24, 2.45) is 9.98 Å². The van der Waals surface area contributed by atoms with Crippen molar-refractivity contribution in [2.75, 3.05) is 20.1 Å². The van der Waals surface area contributed by atoms with E-state index in [0.717, 1.165) is 54.5 Å². The molecule has 6 nitrogen and oxygen atoms in total. The van der Waals surface area contributed by atoms with Crippen LogP contribution in [0.4, 0.5) is 0 Å². The van der Waals surface area contributed by atoms with E-state index in [1.54, 1.807) is 0 Å². The van der Waals surface area contributed by atoms with Crippen LogP contribution in [0.5, 0.6) is 11.5 Å². The minimum Gasteiger partial charge on any atom is -0.676 e. The first kappa shape index (κ1) is 41.8. The van der Waals surface area contributed by atoms with E-state index in [4.69, 9.17) is 15.7 Å². The number of phenols is 2. The van der Waals surface area contributed by atoms with Gasteiger partial charge in [-0.2, -0.15) is 0 Å². The summed E-state index contributed by atoms with van der Waals surface area (Å²) in [6, 6.07) is 8.53. The first-order valence-corrected chi connectivity index (χ1v) is 16.7. The van der Waals surface area contributed by atoms with Gasteiger partial charge in [0.1, 0.15) is 11.5 Å². The van der Waals surface area contributed by atoms with E-state index in [9.17, 15) is 10.2 Å². The summed E-state index contributed by atoms with van der Waals surface area (Å²) in [5.74, 6) is 0.637. The molecule has 0 amide bonds. The standard InChI is InChI=1S/C36H54N2O2.C3H9N2.Mn/c1-33(2,3)25-17-23(31(39)27(19-25)35(7,8)9)21-37-29-15-13-14-16-30(29)38-22-24-18-26(34(4,5)6)20-28(32(24)40)36(10,11)12;1-5-3-2-4;/h17-22,29-30,39-40H,13-16H2,1-12H3;4-5H,2-3H2,1H3;/q;-1;/t29-,30-;;/m0../s1. The fourth-order valence-electron chi connectivity index (χ4n) is 5.44. The Bertz CT molecular complexity index is 1220. The summed E-state index contributed by atoms with van der Waals surface area (Å²) in [4.78, 5) is 10.1. The second-order valence-electron chi connectivity index (χ2n) is 16.8. The second-order valence-corrected chi connectivity index (χ2v) is 16.8. The van der Waals surface area contributed by atoms with Crippen LogP contribution in [0.15, 0.2) is 34.3 Å². The Kier molecular flexibility index (Phi) is 15.3. The van der Waals surface area contributed by atoms with Crippen molar-refractivity contribution >= 4 is 12.4 Å². The van der Waals surface area contributed by atoms with E-state index < -0.39 is 0 Å². The predicted molar refractivity (Wildman–Crippen MR) is 195 cm³/mol. The van der Waals surface area contributed by atoms with Crippen LogP contribution < -0.4 is 5.32 Å². The van der Waals surface area contributed by atoms with Crippen LogP contribution >= 0.6 is 0 Å². The fourth-order valence-corrected chi connectivity index (χ4v) is 5.44. The first-order valence-electron chi connectivity index (χ1n) is 16.7. The summed E-state index contributed by atoms with van der Waals surface area (Å²) in [6.45, 7) is 27.3. The summed E-state index contributed by atoms with van der Waals surface area (Å²) in [5.41, 5.74) is 11.9. The summed E-state index contributed by atoms with van der Waals surface area (Å²) < 4.78 is 0. The van der Waals surface area contributed by atoms with E-state index in [2.05, 4.69) is 113 Å². The average Bonchev–Trinajstić information content (AvgIpc) is 2.90. The number of aliphatic imine (C=N–C) groups is 2. The molecule has 0 heterocycles. The number of rotatable bonds is 6. The summed E-state index contributed by atoms with van der Waals surface area (Å²) in [6.07, 6.45) is 7.90. The maximum Gasteiger partial charge on any atom is 0.128 e. The molecule has 2 atom stereocenters. The maximum absolute atomic E-state index is 11.2. The molecule has 7 heteroatoms. The van der Waals surface area contributed by atoms with Gasteiger partial charge in [0, 0.05) is 51.8 Å². The molecule has 2 aromatic rings. The van der Waals surface area contributed by atoms with E-state index in [1.807, 2.05) is 19.5 Å². The molecule has 4 N–H and O–H groups in total. The molecule has 2 aromatic carbocycles. The Morgan fingerprint density at radius 3 is 1.26 bits per heavy atom. The topological polar surface area (TPSA) is 101 Å². The van der Waals surface area contributed by atoms with Gasteiger partial charge in [0.2, 0.25) is 0 Å². The molecular weight excluding hydrogens is 611 g/mol. The number of hydrogen-bond acceptors (Lipinski definition) is 5. The predicted octanol–water partition coefficient (Wildman–Crippen LogP) is 9.39. The van der Waals surface area contributed by atoms with Gasteiger partial charge in [-0.05, 0) is 71.4 Å². The molecule has 3 rings (SSSR count). The molecule has 1 radical (unpaired) electrons. The van der Waals surface area contributed by atoms with Crippen molar-refractivity contribution in [1.82, 2.24) is 5.32 Å². The maximum atomic E-state index is 11.2. The van der Waals surface area contributed by atoms with Gasteiger partial charge < -0.3 is 21.3 Å². The summed E-state index contributed by atoms with van der Waals surface area (Å²) in [5, 5.41) is 25.3. The molecule has 0 bridgehead atoms. The van der Waals surface area contributed by atoms with Gasteiger partial charge in [-0.3, -0.25) is 9.98 Å². The van der Waals surface area contributed by atoms with E-state index in [1.165, 1.54) is 11.1 Å². The van der Waals surface area contributed by atoms with Gasteiger partial charge >= 0.3 is 0 Å². The van der Waals surface area contributed by atoms with Crippen molar-refractivity contribution in [3.8, 4) is 11.5 Å². The third-order valence-corrected chi connectivity index (χ3v) is 8.51. The van der Waals surface area contributed by atoms with Crippen molar-refractivity contribution in [3.63, 3.8) is 0 Å². The normalized spacial score (nSPS) is 18.0. The Hall–Kier alpha value is -2.18. The molecule has 0 aliphatic heterocycles. The Balaban J connectivity index is 0.00000163. The van der Waals surface area contributed by atoms with Crippen LogP contribution in [0.1, 0.15) is 142 Å². The van der Waals surface area contributed by atoms with Crippen LogP contribution in [0.3, 0.4) is 0 Å². The third-order valence-electron chi connectivity index (χ3n) is 8.51. The van der Waals surface area contributed by atoms with E-state index in [0.29, 0.717) is 18.0 Å². The van der Waals surface area contributed by atoms with Crippen LogP contribution in [-0.2, 0) is 38.7 Å². The molecule has 1 aliphatic carbocycles. The van der Waals surface area contributed by atoms with E-state index >= 15 is 0 Å². The number of hydrogen-bond donors (Lipinski definition) is 3. The minimum absolute atomic E-state index is 0. The number of likely N-dealkylation sites (N-methyl/N-ethyl adjacent to an activating group) is 1. The zero-order valence-electron chi connectivity index (χ0n) is 31.0. The Morgan fingerprint density at radius 1 is 0.674 bits per heavy atom. The molecule has 0 spiro atoms. The summed E-state index contributed by atoms with van der Waals surface area (Å²) >= 11 is 0. The number of nitrogens with one attached hydrogen (secondary N) is 2. The third kappa shape index (κ3) is 11.8. The molecular formula is C39H63MnN4O2-. The molecule has 1 saturated carbocycles. The second kappa shape index (κ2) is 16.8. The summed E-state index contributed by atoms with van der Waals surface area (Å²) in [7, 11) is 1.84. The van der Waals surface area contributed by atoms with Gasteiger partial charge in [-0.25, -0.2) is 0 Å². The van der Waals surface area contributed by atoms with Crippen LogP contribution in [0.2, 0.25) is 0 Å². The molecule has 0 saturated heterocycles. The first-order chi connectivity index (χ1) is 20.6. The smallest absolute Gasteiger partial charge is 0.128 e. The Morgan fingerprint density at radius 2 is 1.02 bits per heavy atom. The largest absolute Gasteiger partial charge is 0.676 e. The molecule has 0 unspecified atom stereocenters. The molecule has 1 fully saturated rings. The molecule has 259 valence electrons. The molecule has 0 aromatic heterocycles. The number of aromatic hydroxyl groups is 2. The monoisotopic (exact) mass is 674 g/mol. The minimum atomic E-state index is -0.179. The Labute approximate surface area is 291 Å². The van der Waals surface area contributed by atoms with Gasteiger partial charge in [-0.1, -0.05) is 108 Å². The van der Waals surface area contributed by atoms with Gasteiger partial charge in [-0.15, -0.1) is 6.54 Å². The van der Waals surface area contributed by atoms with Crippen molar-refractivity contribution < 1.29 is 27.3 Å². The van der Waals surface area contributed by atoms with E-state index in [-0.39, 0.29) is 50.8 Å². The van der Waals surface area contributed by atoms with Gasteiger partial charge in [0.05, 0.1) is 12.1 Å².